The summed E-state index contributed by atoms with van der Waals surface area (Å²) in [4.78, 5) is -0.0540. The molecule has 0 heterocycles. The van der Waals surface area contributed by atoms with Crippen LogP contribution >= 0.6 is 39.1 Å². The Morgan fingerprint density at radius 2 is 1.89 bits per heavy atom. The number of rotatable bonds is 5. The van der Waals surface area contributed by atoms with Crippen molar-refractivity contribution < 1.29 is 8.42 Å². The van der Waals surface area contributed by atoms with Crippen LogP contribution in [0.5, 0.6) is 0 Å². The zero-order valence-corrected chi connectivity index (χ0v) is 14.2. The number of sulfonamides is 1. The van der Waals surface area contributed by atoms with Crippen molar-refractivity contribution in [3.05, 3.63) is 26.7 Å². The van der Waals surface area contributed by atoms with Gasteiger partial charge in [0.15, 0.2) is 0 Å². The molecule has 2 rings (SSSR count). The molecule has 1 aliphatic carbocycles. The Morgan fingerprint density at radius 3 is 2.37 bits per heavy atom. The van der Waals surface area contributed by atoms with E-state index < -0.39 is 10.0 Å². The van der Waals surface area contributed by atoms with Gasteiger partial charge in [0.25, 0.3) is 0 Å². The van der Waals surface area contributed by atoms with Gasteiger partial charge in [-0.15, -0.1) is 0 Å². The van der Waals surface area contributed by atoms with Gasteiger partial charge in [-0.25, -0.2) is 13.1 Å². The van der Waals surface area contributed by atoms with Crippen LogP contribution in [0.3, 0.4) is 0 Å². The average Bonchev–Trinajstić information content (AvgIpc) is 2.97. The Kier molecular flexibility index (Phi) is 4.83. The van der Waals surface area contributed by atoms with E-state index in [1.807, 2.05) is 6.92 Å². The Morgan fingerprint density at radius 1 is 1.37 bits per heavy atom. The van der Waals surface area contributed by atoms with Gasteiger partial charge in [-0.2, -0.15) is 0 Å². The van der Waals surface area contributed by atoms with Crippen LogP contribution in [0, 0.1) is 5.92 Å². The lowest BCUT2D eigenvalue weighted by Crippen LogP contribution is -2.33. The summed E-state index contributed by atoms with van der Waals surface area (Å²) < 4.78 is 27.9. The predicted molar refractivity (Wildman–Crippen MR) is 81.3 cm³/mol. The van der Waals surface area contributed by atoms with Gasteiger partial charge in [0.1, 0.15) is 4.90 Å². The van der Waals surface area contributed by atoms with Crippen LogP contribution in [0.25, 0.3) is 0 Å². The first kappa shape index (κ1) is 15.6. The van der Waals surface area contributed by atoms with Crippen molar-refractivity contribution in [2.45, 2.75) is 37.1 Å². The van der Waals surface area contributed by atoms with Gasteiger partial charge in [-0.1, -0.05) is 52.0 Å². The van der Waals surface area contributed by atoms with Gasteiger partial charge >= 0.3 is 0 Å². The fourth-order valence-corrected chi connectivity index (χ4v) is 5.20. The van der Waals surface area contributed by atoms with Crippen molar-refractivity contribution in [2.24, 2.45) is 5.92 Å². The van der Waals surface area contributed by atoms with E-state index in [0.29, 0.717) is 10.4 Å². The van der Waals surface area contributed by atoms with Gasteiger partial charge in [-0.05, 0) is 31.4 Å². The molecule has 0 radical (unpaired) electrons. The molecule has 1 fully saturated rings. The normalized spacial score (nSPS) is 17.5. The molecule has 19 heavy (non-hydrogen) atoms. The van der Waals surface area contributed by atoms with Gasteiger partial charge in [0.05, 0.1) is 10.0 Å². The second-order valence-corrected chi connectivity index (χ2v) is 8.28. The summed E-state index contributed by atoms with van der Waals surface area (Å²) in [6.07, 6.45) is 3.22. The third kappa shape index (κ3) is 4.08. The molecule has 106 valence electrons. The molecular formula is C12H14BrCl2NO2S. The highest BCUT2D eigenvalue weighted by atomic mass is 79.9. The largest absolute Gasteiger partial charge is 0.243 e. The molecule has 3 nitrogen and oxygen atoms in total. The van der Waals surface area contributed by atoms with E-state index in [2.05, 4.69) is 20.7 Å². The van der Waals surface area contributed by atoms with Gasteiger partial charge in [0, 0.05) is 10.5 Å². The van der Waals surface area contributed by atoms with Crippen molar-refractivity contribution in [3.63, 3.8) is 0 Å². The molecule has 7 heteroatoms. The molecule has 1 atom stereocenters. The third-order valence-corrected chi connectivity index (χ3v) is 5.94. The molecule has 0 aromatic heterocycles. The molecule has 1 aromatic carbocycles. The SMILES string of the molecule is CC(CC1CC1)NS(=O)(=O)c1c(Cl)cc(Br)cc1Cl. The molecule has 1 unspecified atom stereocenters. The standard InChI is InChI=1S/C12H14BrCl2NO2S/c1-7(4-8-2-3-8)16-19(17,18)12-10(14)5-9(13)6-11(12)15/h5-8,16H,2-4H2,1H3. The molecular weight excluding hydrogens is 373 g/mol. The van der Waals surface area contributed by atoms with Crippen molar-refractivity contribution in [1.82, 2.24) is 4.72 Å². The molecule has 0 aliphatic heterocycles. The highest BCUT2D eigenvalue weighted by Gasteiger charge is 2.28. The van der Waals surface area contributed by atoms with Gasteiger partial charge in [0.2, 0.25) is 10.0 Å². The van der Waals surface area contributed by atoms with Crippen molar-refractivity contribution in [2.75, 3.05) is 0 Å². The van der Waals surface area contributed by atoms with Gasteiger partial charge < -0.3 is 0 Å². The van der Waals surface area contributed by atoms with E-state index in [4.69, 9.17) is 23.2 Å². The van der Waals surface area contributed by atoms with Crippen LogP contribution < -0.4 is 4.72 Å². The molecule has 0 amide bonds. The number of halogens is 3. The third-order valence-electron chi connectivity index (χ3n) is 2.97. The molecule has 1 saturated carbocycles. The van der Waals surface area contributed by atoms with E-state index in [0.717, 1.165) is 6.42 Å². The number of benzene rings is 1. The quantitative estimate of drug-likeness (QED) is 0.823. The first-order chi connectivity index (χ1) is 8.79. The smallest absolute Gasteiger partial charge is 0.208 e. The zero-order valence-electron chi connectivity index (χ0n) is 10.3. The molecule has 1 aliphatic rings. The summed E-state index contributed by atoms with van der Waals surface area (Å²) in [5, 5.41) is 0.232. The fraction of sp³-hybridized carbons (Fsp3) is 0.500. The summed E-state index contributed by atoms with van der Waals surface area (Å²) in [6, 6.07) is 2.93. The zero-order chi connectivity index (χ0) is 14.2. The van der Waals surface area contributed by atoms with E-state index in [-0.39, 0.29) is 21.0 Å². The lowest BCUT2D eigenvalue weighted by atomic mass is 10.2. The van der Waals surface area contributed by atoms with Crippen LogP contribution in [-0.2, 0) is 10.0 Å². The monoisotopic (exact) mass is 385 g/mol. The van der Waals surface area contributed by atoms with E-state index in [1.165, 1.54) is 25.0 Å². The minimum absolute atomic E-state index is 0.0540. The predicted octanol–water partition coefficient (Wildman–Crippen LogP) is 4.22. The first-order valence-electron chi connectivity index (χ1n) is 5.96. The number of hydrogen-bond donors (Lipinski definition) is 1. The minimum Gasteiger partial charge on any atom is -0.208 e. The van der Waals surface area contributed by atoms with Crippen molar-refractivity contribution >= 4 is 49.2 Å². The second-order valence-electron chi connectivity index (χ2n) is 4.90. The first-order valence-corrected chi connectivity index (χ1v) is 8.99. The minimum atomic E-state index is -3.69. The maximum Gasteiger partial charge on any atom is 0.243 e. The average molecular weight is 387 g/mol. The van der Waals surface area contributed by atoms with E-state index >= 15 is 0 Å². The van der Waals surface area contributed by atoms with Crippen LogP contribution in [0.4, 0.5) is 0 Å². The maximum atomic E-state index is 12.3. The Hall–Kier alpha value is 0.190. The van der Waals surface area contributed by atoms with Crippen LogP contribution in [0.15, 0.2) is 21.5 Å². The van der Waals surface area contributed by atoms with Crippen LogP contribution in [0.2, 0.25) is 10.0 Å². The van der Waals surface area contributed by atoms with E-state index in [9.17, 15) is 8.42 Å². The molecule has 0 saturated heterocycles. The van der Waals surface area contributed by atoms with Crippen molar-refractivity contribution in [1.29, 1.82) is 0 Å². The highest BCUT2D eigenvalue weighted by Crippen LogP contribution is 2.35. The van der Waals surface area contributed by atoms with Crippen LogP contribution in [0.1, 0.15) is 26.2 Å². The molecule has 0 spiro atoms. The van der Waals surface area contributed by atoms with Gasteiger partial charge in [-0.3, -0.25) is 0 Å². The Bertz CT molecular complexity index is 564. The summed E-state index contributed by atoms with van der Waals surface area (Å²) in [6.45, 7) is 1.86. The van der Waals surface area contributed by atoms with E-state index in [1.54, 1.807) is 0 Å². The molecule has 1 N–H and O–H groups in total. The Balaban J connectivity index is 2.23. The molecule has 1 aromatic rings. The summed E-state index contributed by atoms with van der Waals surface area (Å²) in [5.74, 6) is 0.647. The summed E-state index contributed by atoms with van der Waals surface area (Å²) in [5.41, 5.74) is 0. The fourth-order valence-electron chi connectivity index (χ4n) is 2.01. The maximum absolute atomic E-state index is 12.3. The number of nitrogens with one attached hydrogen (secondary N) is 1. The highest BCUT2D eigenvalue weighted by molar-refractivity contribution is 9.10. The van der Waals surface area contributed by atoms with Crippen LogP contribution in [-0.4, -0.2) is 14.5 Å². The molecule has 0 bridgehead atoms. The lowest BCUT2D eigenvalue weighted by molar-refractivity contribution is 0.530. The number of hydrogen-bond acceptors (Lipinski definition) is 2. The Labute approximate surface area is 131 Å². The summed E-state index contributed by atoms with van der Waals surface area (Å²) in [7, 11) is -3.69. The van der Waals surface area contributed by atoms with Crippen molar-refractivity contribution in [3.8, 4) is 0 Å². The second kappa shape index (κ2) is 5.90. The summed E-state index contributed by atoms with van der Waals surface area (Å²) >= 11 is 15.2. The lowest BCUT2D eigenvalue weighted by Gasteiger charge is -2.15. The topological polar surface area (TPSA) is 46.2 Å².